The van der Waals surface area contributed by atoms with Crippen molar-refractivity contribution in [2.24, 2.45) is 5.73 Å². The van der Waals surface area contributed by atoms with Crippen LogP contribution in [0.1, 0.15) is 48.9 Å². The lowest BCUT2D eigenvalue weighted by Gasteiger charge is -2.04. The minimum atomic E-state index is -0.404. The molecule has 1 heterocycles. The number of aryl methyl sites for hydroxylation is 1. The minimum Gasteiger partial charge on any atom is -0.366 e. The number of benzene rings is 1. The number of unbranched alkanes of at least 4 members (excludes halogenated alkanes) is 5. The van der Waals surface area contributed by atoms with Crippen LogP contribution in [0.2, 0.25) is 0 Å². The molecule has 4 nitrogen and oxygen atoms in total. The quantitative estimate of drug-likeness (QED) is 0.597. The molecule has 0 saturated carbocycles. The summed E-state index contributed by atoms with van der Waals surface area (Å²) in [5.41, 5.74) is 6.82. The average Bonchev–Trinajstić information content (AvgIpc) is 2.88. The van der Waals surface area contributed by atoms with E-state index < -0.39 is 5.91 Å². The minimum absolute atomic E-state index is 0.404. The van der Waals surface area contributed by atoms with E-state index in [4.69, 9.17) is 12.2 Å². The maximum Gasteiger partial charge on any atom is 0.248 e. The van der Waals surface area contributed by atoms with Gasteiger partial charge in [0.25, 0.3) is 0 Å². The molecule has 0 atom stereocenters. The molecule has 0 bridgehead atoms. The van der Waals surface area contributed by atoms with Gasteiger partial charge in [-0.3, -0.25) is 9.48 Å². The first-order valence-corrected chi connectivity index (χ1v) is 7.41. The van der Waals surface area contributed by atoms with Gasteiger partial charge in [-0.2, -0.15) is 5.10 Å². The lowest BCUT2D eigenvalue weighted by Crippen LogP contribution is -2.11. The van der Waals surface area contributed by atoms with Crippen molar-refractivity contribution in [2.45, 2.75) is 45.1 Å². The van der Waals surface area contributed by atoms with Gasteiger partial charge in [-0.25, -0.2) is 0 Å². The van der Waals surface area contributed by atoms with Crippen LogP contribution in [-0.2, 0) is 6.54 Å². The molecule has 1 amide bonds. The van der Waals surface area contributed by atoms with E-state index in [0.717, 1.165) is 36.7 Å². The van der Waals surface area contributed by atoms with Gasteiger partial charge in [0.05, 0.1) is 11.7 Å². The average molecular weight is 283 g/mol. The lowest BCUT2D eigenvalue weighted by molar-refractivity contribution is 0.100. The normalized spacial score (nSPS) is 10.6. The molecule has 1 aromatic carbocycles. The molecule has 0 spiro atoms. The monoisotopic (exact) mass is 283 g/mol. The van der Waals surface area contributed by atoms with Crippen molar-refractivity contribution in [1.82, 2.24) is 9.78 Å². The van der Waals surface area contributed by atoms with Crippen LogP contribution in [-0.4, -0.2) is 15.7 Å². The number of nitrogens with two attached hydrogens (primary N) is 1. The van der Waals surface area contributed by atoms with Crippen LogP contribution in [0, 0.1) is 12.3 Å². The molecule has 2 aromatic rings. The molecule has 21 heavy (non-hydrogen) atoms. The van der Waals surface area contributed by atoms with E-state index in [9.17, 15) is 4.79 Å². The topological polar surface area (TPSA) is 60.9 Å². The zero-order chi connectivity index (χ0) is 15.1. The Kier molecular flexibility index (Phi) is 5.39. The van der Waals surface area contributed by atoms with Gasteiger partial charge in [0.1, 0.15) is 0 Å². The summed E-state index contributed by atoms with van der Waals surface area (Å²) in [4.78, 5) is 11.2. The first-order valence-electron chi connectivity index (χ1n) is 7.41. The molecule has 0 unspecified atom stereocenters. The molecular weight excluding hydrogens is 262 g/mol. The highest BCUT2D eigenvalue weighted by molar-refractivity contribution is 5.96. The van der Waals surface area contributed by atoms with Crippen LogP contribution in [0.4, 0.5) is 0 Å². The fraction of sp³-hybridized carbons (Fsp3) is 0.412. The van der Waals surface area contributed by atoms with E-state index in [0.29, 0.717) is 5.56 Å². The first-order chi connectivity index (χ1) is 10.2. The number of carbonyl (C=O) groups excluding carboxylic acids is 1. The van der Waals surface area contributed by atoms with Crippen LogP contribution in [0.5, 0.6) is 0 Å². The third-order valence-electron chi connectivity index (χ3n) is 3.62. The van der Waals surface area contributed by atoms with Gasteiger partial charge in [0.2, 0.25) is 5.91 Å². The second-order valence-electron chi connectivity index (χ2n) is 5.23. The summed E-state index contributed by atoms with van der Waals surface area (Å²) in [7, 11) is 0. The van der Waals surface area contributed by atoms with Crippen LogP contribution in [0.3, 0.4) is 0 Å². The van der Waals surface area contributed by atoms with Crippen LogP contribution < -0.4 is 5.73 Å². The molecule has 0 aliphatic carbocycles. The number of rotatable bonds is 8. The number of carbonyl (C=O) groups is 1. The van der Waals surface area contributed by atoms with Gasteiger partial charge in [-0.1, -0.05) is 25.3 Å². The second kappa shape index (κ2) is 7.49. The van der Waals surface area contributed by atoms with Gasteiger partial charge < -0.3 is 5.73 Å². The van der Waals surface area contributed by atoms with Crippen molar-refractivity contribution < 1.29 is 4.79 Å². The van der Waals surface area contributed by atoms with Crippen LogP contribution in [0.15, 0.2) is 24.4 Å². The number of terminal acetylenes is 1. The Hall–Kier alpha value is -2.28. The smallest absolute Gasteiger partial charge is 0.248 e. The maximum absolute atomic E-state index is 11.2. The van der Waals surface area contributed by atoms with Crippen molar-refractivity contribution >= 4 is 16.8 Å². The molecule has 2 N–H and O–H groups in total. The van der Waals surface area contributed by atoms with Gasteiger partial charge in [-0.05, 0) is 25.0 Å². The number of primary amides is 1. The molecular formula is C17H21N3O. The number of aromatic nitrogens is 2. The molecule has 0 aliphatic heterocycles. The van der Waals surface area contributed by atoms with Crippen LogP contribution >= 0.6 is 0 Å². The van der Waals surface area contributed by atoms with Crippen LogP contribution in [0.25, 0.3) is 10.9 Å². The largest absolute Gasteiger partial charge is 0.366 e. The Morgan fingerprint density at radius 1 is 1.24 bits per heavy atom. The molecule has 110 valence electrons. The number of fused-ring (bicyclic) bond motifs is 1. The fourth-order valence-electron chi connectivity index (χ4n) is 2.42. The number of amides is 1. The Morgan fingerprint density at radius 2 is 2.00 bits per heavy atom. The molecule has 1 aromatic heterocycles. The highest BCUT2D eigenvalue weighted by Crippen LogP contribution is 2.16. The predicted molar refractivity (Wildman–Crippen MR) is 84.8 cm³/mol. The molecule has 0 radical (unpaired) electrons. The van der Waals surface area contributed by atoms with E-state index in [-0.39, 0.29) is 0 Å². The van der Waals surface area contributed by atoms with E-state index in [2.05, 4.69) is 11.0 Å². The summed E-state index contributed by atoms with van der Waals surface area (Å²) in [6.45, 7) is 0.862. The third kappa shape index (κ3) is 4.09. The first kappa shape index (κ1) is 15.1. The molecule has 0 saturated heterocycles. The van der Waals surface area contributed by atoms with Gasteiger partial charge in [0.15, 0.2) is 0 Å². The number of hydrogen-bond donors (Lipinski definition) is 1. The van der Waals surface area contributed by atoms with Gasteiger partial charge in [0, 0.05) is 23.9 Å². The van der Waals surface area contributed by atoms with E-state index in [1.165, 1.54) is 19.3 Å². The Bertz CT molecular complexity index is 652. The summed E-state index contributed by atoms with van der Waals surface area (Å²) in [6.07, 6.45) is 13.7. The molecule has 0 aliphatic rings. The summed E-state index contributed by atoms with van der Waals surface area (Å²) in [6, 6.07) is 5.44. The summed E-state index contributed by atoms with van der Waals surface area (Å²) in [5.74, 6) is 2.26. The zero-order valence-electron chi connectivity index (χ0n) is 12.2. The molecule has 0 fully saturated rings. The summed E-state index contributed by atoms with van der Waals surface area (Å²) in [5, 5.41) is 5.42. The Labute approximate surface area is 125 Å². The third-order valence-corrected chi connectivity index (χ3v) is 3.62. The summed E-state index contributed by atoms with van der Waals surface area (Å²) < 4.78 is 1.95. The number of nitrogens with zero attached hydrogens (tertiary/aromatic N) is 2. The standard InChI is InChI=1S/C17H21N3O/c1-2-3-4-5-6-7-8-11-20-16-12-14(17(18)21)9-10-15(16)13-19-20/h1,9-10,12-13H,3-8,11H2,(H2,18,21). The van der Waals surface area contributed by atoms with Crippen molar-refractivity contribution in [3.63, 3.8) is 0 Å². The summed E-state index contributed by atoms with van der Waals surface area (Å²) >= 11 is 0. The van der Waals surface area contributed by atoms with Crippen molar-refractivity contribution in [3.05, 3.63) is 30.0 Å². The fourth-order valence-corrected chi connectivity index (χ4v) is 2.42. The second-order valence-corrected chi connectivity index (χ2v) is 5.23. The zero-order valence-corrected chi connectivity index (χ0v) is 12.2. The molecule has 2 rings (SSSR count). The van der Waals surface area contributed by atoms with Gasteiger partial charge in [-0.15, -0.1) is 12.3 Å². The van der Waals surface area contributed by atoms with Gasteiger partial charge >= 0.3 is 0 Å². The lowest BCUT2D eigenvalue weighted by atomic mass is 10.1. The highest BCUT2D eigenvalue weighted by Gasteiger charge is 2.06. The van der Waals surface area contributed by atoms with Crippen molar-refractivity contribution in [3.8, 4) is 12.3 Å². The van der Waals surface area contributed by atoms with Crippen molar-refractivity contribution in [1.29, 1.82) is 0 Å². The van der Waals surface area contributed by atoms with E-state index >= 15 is 0 Å². The predicted octanol–water partition coefficient (Wildman–Crippen LogP) is 3.11. The number of hydrogen-bond acceptors (Lipinski definition) is 2. The Morgan fingerprint density at radius 3 is 2.76 bits per heavy atom. The molecule has 4 heteroatoms. The SMILES string of the molecule is C#CCCCCCCCn1ncc2ccc(C(N)=O)cc21. The van der Waals surface area contributed by atoms with E-state index in [1.54, 1.807) is 6.07 Å². The maximum atomic E-state index is 11.2. The Balaban J connectivity index is 1.89. The van der Waals surface area contributed by atoms with E-state index in [1.807, 2.05) is 23.0 Å². The van der Waals surface area contributed by atoms with Crippen molar-refractivity contribution in [2.75, 3.05) is 0 Å². The highest BCUT2D eigenvalue weighted by atomic mass is 16.1.